The molecule has 0 saturated heterocycles. The number of nitrogens with one attached hydrogen (secondary N) is 1. The number of aromatic amines is 1. The van der Waals surface area contributed by atoms with Gasteiger partial charge in [-0.2, -0.15) is 5.10 Å². The van der Waals surface area contributed by atoms with Crippen molar-refractivity contribution in [3.05, 3.63) is 18.0 Å². The molecular weight excluding hydrogens is 150 g/mol. The second-order valence-electron chi connectivity index (χ2n) is 3.44. The highest BCUT2D eigenvalue weighted by atomic mass is 15.3. The van der Waals surface area contributed by atoms with E-state index in [0.29, 0.717) is 6.04 Å². The minimum absolute atomic E-state index is 0.417. The fourth-order valence-electron chi connectivity index (χ4n) is 1.46. The van der Waals surface area contributed by atoms with Crippen LogP contribution in [0.3, 0.4) is 0 Å². The van der Waals surface area contributed by atoms with Crippen LogP contribution in [0, 0.1) is 6.92 Å². The van der Waals surface area contributed by atoms with Crippen LogP contribution in [0.5, 0.6) is 0 Å². The number of hydrogen-bond donors (Lipinski definition) is 1. The Morgan fingerprint density at radius 3 is 2.92 bits per heavy atom. The number of hydrogen-bond acceptors (Lipinski definition) is 1. The molecule has 0 bridgehead atoms. The van der Waals surface area contributed by atoms with Gasteiger partial charge in [-0.15, -0.1) is 0 Å². The van der Waals surface area contributed by atoms with Crippen molar-refractivity contribution in [3.8, 4) is 0 Å². The first-order valence-electron chi connectivity index (χ1n) is 4.21. The lowest BCUT2D eigenvalue weighted by molar-refractivity contribution is 0.546. The lowest BCUT2D eigenvalue weighted by atomic mass is 10.4. The van der Waals surface area contributed by atoms with Crippen LogP contribution < -0.4 is 0 Å². The van der Waals surface area contributed by atoms with Gasteiger partial charge in [0, 0.05) is 17.1 Å². The van der Waals surface area contributed by atoms with E-state index in [1.807, 2.05) is 10.9 Å². The van der Waals surface area contributed by atoms with E-state index in [1.165, 1.54) is 11.1 Å². The predicted octanol–water partition coefficient (Wildman–Crippen LogP) is 2.25. The third-order valence-corrected chi connectivity index (χ3v) is 2.00. The molecule has 2 aromatic rings. The molecular formula is C9H13N3. The second kappa shape index (κ2) is 2.37. The third-order valence-electron chi connectivity index (χ3n) is 2.00. The lowest BCUT2D eigenvalue weighted by Crippen LogP contribution is -2.02. The summed E-state index contributed by atoms with van der Waals surface area (Å²) in [5, 5.41) is 5.48. The number of aromatic nitrogens is 3. The summed E-state index contributed by atoms with van der Waals surface area (Å²) in [5.41, 5.74) is 2.32. The summed E-state index contributed by atoms with van der Waals surface area (Å²) < 4.78 is 2.00. The fourth-order valence-corrected chi connectivity index (χ4v) is 1.46. The third kappa shape index (κ3) is 0.932. The van der Waals surface area contributed by atoms with Crippen molar-refractivity contribution >= 4 is 11.0 Å². The number of nitrogens with zero attached hydrogens (tertiary/aromatic N) is 2. The molecule has 3 nitrogen and oxygen atoms in total. The summed E-state index contributed by atoms with van der Waals surface area (Å²) in [6.07, 6.45) is 1.90. The molecule has 0 unspecified atom stereocenters. The van der Waals surface area contributed by atoms with Crippen molar-refractivity contribution in [2.75, 3.05) is 0 Å². The Morgan fingerprint density at radius 2 is 2.25 bits per heavy atom. The maximum atomic E-state index is 4.28. The zero-order chi connectivity index (χ0) is 8.72. The van der Waals surface area contributed by atoms with Gasteiger partial charge in [-0.3, -0.25) is 0 Å². The summed E-state index contributed by atoms with van der Waals surface area (Å²) in [6.45, 7) is 6.32. The molecule has 64 valence electrons. The molecule has 1 N–H and O–H groups in total. The highest BCUT2D eigenvalue weighted by Crippen LogP contribution is 2.17. The van der Waals surface area contributed by atoms with E-state index in [9.17, 15) is 0 Å². The molecule has 0 aliphatic carbocycles. The van der Waals surface area contributed by atoms with Crippen LogP contribution in [0.4, 0.5) is 0 Å². The first-order chi connectivity index (χ1) is 5.68. The summed E-state index contributed by atoms with van der Waals surface area (Å²) >= 11 is 0. The Kier molecular flexibility index (Phi) is 1.46. The number of fused-ring (bicyclic) bond motifs is 1. The Balaban J connectivity index is 2.68. The molecule has 0 aliphatic rings. The van der Waals surface area contributed by atoms with Crippen LogP contribution in [-0.2, 0) is 0 Å². The smallest absolute Gasteiger partial charge is 0.136 e. The van der Waals surface area contributed by atoms with E-state index in [-0.39, 0.29) is 0 Å². The Morgan fingerprint density at radius 1 is 1.50 bits per heavy atom. The van der Waals surface area contributed by atoms with Crippen molar-refractivity contribution in [1.29, 1.82) is 0 Å². The molecule has 2 rings (SSSR count). The van der Waals surface area contributed by atoms with Gasteiger partial charge in [-0.05, 0) is 26.8 Å². The van der Waals surface area contributed by atoms with Gasteiger partial charge in [0.25, 0.3) is 0 Å². The second-order valence-corrected chi connectivity index (χ2v) is 3.44. The SMILES string of the molecule is Cc1cc2cnn(C(C)C)c2[nH]1. The summed E-state index contributed by atoms with van der Waals surface area (Å²) in [6, 6.07) is 2.53. The van der Waals surface area contributed by atoms with Crippen molar-refractivity contribution in [2.24, 2.45) is 0 Å². The van der Waals surface area contributed by atoms with Gasteiger partial charge in [0.2, 0.25) is 0 Å². The number of H-pyrrole nitrogens is 1. The van der Waals surface area contributed by atoms with Crippen molar-refractivity contribution in [3.63, 3.8) is 0 Å². The fraction of sp³-hybridized carbons (Fsp3) is 0.444. The highest BCUT2D eigenvalue weighted by Gasteiger charge is 2.06. The largest absolute Gasteiger partial charge is 0.344 e. The van der Waals surface area contributed by atoms with E-state index in [2.05, 4.69) is 36.9 Å². The van der Waals surface area contributed by atoms with E-state index >= 15 is 0 Å². The van der Waals surface area contributed by atoms with Gasteiger partial charge < -0.3 is 4.98 Å². The van der Waals surface area contributed by atoms with Gasteiger partial charge >= 0.3 is 0 Å². The first kappa shape index (κ1) is 7.40. The molecule has 0 amide bonds. The van der Waals surface area contributed by atoms with E-state index in [1.54, 1.807) is 0 Å². The first-order valence-corrected chi connectivity index (χ1v) is 4.21. The average Bonchev–Trinajstić information content (AvgIpc) is 2.43. The van der Waals surface area contributed by atoms with Crippen LogP contribution in [0.2, 0.25) is 0 Å². The molecule has 0 aliphatic heterocycles. The lowest BCUT2D eigenvalue weighted by Gasteiger charge is -2.04. The highest BCUT2D eigenvalue weighted by molar-refractivity contribution is 5.76. The molecule has 0 atom stereocenters. The molecule has 0 saturated carbocycles. The van der Waals surface area contributed by atoms with Crippen molar-refractivity contribution in [1.82, 2.24) is 14.8 Å². The number of rotatable bonds is 1. The molecule has 3 heteroatoms. The molecule has 0 aromatic carbocycles. The standard InChI is InChI=1S/C9H13N3/c1-6(2)12-9-8(5-10-12)4-7(3)11-9/h4-6,11H,1-3H3. The Labute approximate surface area is 71.4 Å². The van der Waals surface area contributed by atoms with Gasteiger partial charge in [-0.25, -0.2) is 4.68 Å². The van der Waals surface area contributed by atoms with Crippen LogP contribution in [0.15, 0.2) is 12.3 Å². The van der Waals surface area contributed by atoms with Crippen molar-refractivity contribution in [2.45, 2.75) is 26.8 Å². The quantitative estimate of drug-likeness (QED) is 0.687. The minimum Gasteiger partial charge on any atom is -0.344 e. The Hall–Kier alpha value is -1.25. The molecule has 0 fully saturated rings. The van der Waals surface area contributed by atoms with E-state index < -0.39 is 0 Å². The maximum Gasteiger partial charge on any atom is 0.136 e. The summed E-state index contributed by atoms with van der Waals surface area (Å²) in [4.78, 5) is 3.29. The van der Waals surface area contributed by atoms with Crippen LogP contribution in [0.25, 0.3) is 11.0 Å². The number of aryl methyl sites for hydroxylation is 1. The van der Waals surface area contributed by atoms with E-state index in [4.69, 9.17) is 0 Å². The van der Waals surface area contributed by atoms with Crippen LogP contribution in [-0.4, -0.2) is 14.8 Å². The monoisotopic (exact) mass is 163 g/mol. The van der Waals surface area contributed by atoms with Crippen LogP contribution >= 0.6 is 0 Å². The minimum atomic E-state index is 0.417. The zero-order valence-electron chi connectivity index (χ0n) is 7.63. The van der Waals surface area contributed by atoms with E-state index in [0.717, 1.165) is 5.65 Å². The molecule has 0 radical (unpaired) electrons. The van der Waals surface area contributed by atoms with Gasteiger partial charge in [0.05, 0.1) is 6.20 Å². The topological polar surface area (TPSA) is 33.6 Å². The molecule has 2 aromatic heterocycles. The summed E-state index contributed by atoms with van der Waals surface area (Å²) in [5.74, 6) is 0. The van der Waals surface area contributed by atoms with Gasteiger partial charge in [0.15, 0.2) is 0 Å². The van der Waals surface area contributed by atoms with Crippen molar-refractivity contribution < 1.29 is 0 Å². The van der Waals surface area contributed by atoms with Gasteiger partial charge in [-0.1, -0.05) is 0 Å². The molecule has 0 spiro atoms. The molecule has 12 heavy (non-hydrogen) atoms. The normalized spacial score (nSPS) is 11.7. The Bertz CT molecular complexity index is 395. The van der Waals surface area contributed by atoms with Crippen LogP contribution in [0.1, 0.15) is 25.6 Å². The van der Waals surface area contributed by atoms with Gasteiger partial charge in [0.1, 0.15) is 5.65 Å². The predicted molar refractivity (Wildman–Crippen MR) is 49.2 cm³/mol. The zero-order valence-corrected chi connectivity index (χ0v) is 7.63. The summed E-state index contributed by atoms with van der Waals surface area (Å²) in [7, 11) is 0. The average molecular weight is 163 g/mol. The molecule has 2 heterocycles. The maximum absolute atomic E-state index is 4.28.